The van der Waals surface area contributed by atoms with Crippen LogP contribution in [0.2, 0.25) is 0 Å². The van der Waals surface area contributed by atoms with Crippen molar-refractivity contribution in [2.24, 2.45) is 23.0 Å². The van der Waals surface area contributed by atoms with Gasteiger partial charge in [0, 0.05) is 35.9 Å². The monoisotopic (exact) mass is 375 g/mol. The third kappa shape index (κ3) is 6.28. The second-order valence-electron chi connectivity index (χ2n) is 6.58. The molecule has 0 bridgehead atoms. The van der Waals surface area contributed by atoms with E-state index in [4.69, 9.17) is 23.0 Å². The molecule has 0 aromatic heterocycles. The van der Waals surface area contributed by atoms with Gasteiger partial charge in [0.25, 0.3) is 0 Å². The van der Waals surface area contributed by atoms with Crippen molar-refractivity contribution in [1.29, 1.82) is 0 Å². The van der Waals surface area contributed by atoms with Gasteiger partial charge >= 0.3 is 0 Å². The fourth-order valence-electron chi connectivity index (χ4n) is 2.69. The van der Waals surface area contributed by atoms with Crippen LogP contribution in [0, 0.1) is 0 Å². The Bertz CT molecular complexity index is 710. The van der Waals surface area contributed by atoms with E-state index in [1.54, 1.807) is 6.07 Å². The fraction of sp³-hybridized carbons (Fsp3) is 0.421. The van der Waals surface area contributed by atoms with Crippen molar-refractivity contribution in [2.45, 2.75) is 40.3 Å². The Morgan fingerprint density at radius 2 is 1.93 bits per heavy atom. The number of nitrogens with zero attached hydrogens (tertiary/aromatic N) is 1. The van der Waals surface area contributed by atoms with Crippen LogP contribution in [-0.2, 0) is 6.54 Å². The summed E-state index contributed by atoms with van der Waals surface area (Å²) in [6, 6.07) is 3.93. The quantitative estimate of drug-likeness (QED) is 0.155. The van der Waals surface area contributed by atoms with Crippen molar-refractivity contribution in [3.63, 3.8) is 0 Å². The summed E-state index contributed by atoms with van der Waals surface area (Å²) in [5, 5.41) is 3.34. The van der Waals surface area contributed by atoms with Crippen LogP contribution in [0.4, 0.5) is 5.69 Å². The van der Waals surface area contributed by atoms with Crippen LogP contribution in [0.15, 0.2) is 30.1 Å². The summed E-state index contributed by atoms with van der Waals surface area (Å²) >= 11 is 0. The van der Waals surface area contributed by atoms with Gasteiger partial charge in [-0.2, -0.15) is 0 Å². The van der Waals surface area contributed by atoms with E-state index in [-0.39, 0.29) is 12.6 Å². The predicted molar refractivity (Wildman–Crippen MR) is 112 cm³/mol. The van der Waals surface area contributed by atoms with E-state index in [1.165, 1.54) is 0 Å². The highest BCUT2D eigenvalue weighted by Crippen LogP contribution is 2.27. The smallest absolute Gasteiger partial charge is 0.249 e. The van der Waals surface area contributed by atoms with Gasteiger partial charge in [-0.15, -0.1) is 0 Å². The van der Waals surface area contributed by atoms with Gasteiger partial charge in [0.2, 0.25) is 5.91 Å². The molecule has 1 aromatic carbocycles. The van der Waals surface area contributed by atoms with Crippen molar-refractivity contribution >= 4 is 17.2 Å². The fourth-order valence-corrected chi connectivity index (χ4v) is 2.69. The van der Waals surface area contributed by atoms with E-state index < -0.39 is 5.91 Å². The van der Waals surface area contributed by atoms with Crippen molar-refractivity contribution in [2.75, 3.05) is 18.5 Å². The summed E-state index contributed by atoms with van der Waals surface area (Å²) < 4.78 is 0. The van der Waals surface area contributed by atoms with Crippen molar-refractivity contribution in [3.8, 4) is 0 Å². The Kier molecular flexibility index (Phi) is 8.80. The molecule has 1 aromatic rings. The summed E-state index contributed by atoms with van der Waals surface area (Å²) in [4.78, 5) is 13.8. The summed E-state index contributed by atoms with van der Waals surface area (Å²) in [7, 11) is 0. The maximum atomic E-state index is 11.9. The van der Waals surface area contributed by atoms with E-state index in [1.807, 2.05) is 50.8 Å². The second-order valence-corrected chi connectivity index (χ2v) is 6.58. The van der Waals surface area contributed by atoms with Gasteiger partial charge in [-0.05, 0) is 57.0 Å². The van der Waals surface area contributed by atoms with Crippen molar-refractivity contribution in [1.82, 2.24) is 10.3 Å². The predicted octanol–water partition coefficient (Wildman–Crippen LogP) is 1.01. The number of carbonyl (C=O) groups excluding carboxylic acids is 1. The number of anilines is 1. The standard InChI is InChI=1S/C19H33N7O/c1-5-26(11-24-23)18(21)7-6-13(4)14-8-15(19(22)27)16(10-20)17(9-14)25-12(2)3/h6-9,12,24-25H,5,10-11,20-21,23H2,1-4H3,(H2,22,27)/b13-6+,18-7+. The van der Waals surface area contributed by atoms with Gasteiger partial charge in [-0.1, -0.05) is 6.08 Å². The first-order chi connectivity index (χ1) is 12.7. The Morgan fingerprint density at radius 3 is 2.41 bits per heavy atom. The molecule has 0 saturated heterocycles. The van der Waals surface area contributed by atoms with Gasteiger partial charge in [-0.25, -0.2) is 5.43 Å². The number of hydrazine groups is 1. The van der Waals surface area contributed by atoms with Gasteiger partial charge < -0.3 is 27.4 Å². The Morgan fingerprint density at radius 1 is 1.26 bits per heavy atom. The molecule has 10 N–H and O–H groups in total. The number of nitrogens with one attached hydrogen (secondary N) is 2. The van der Waals surface area contributed by atoms with E-state index in [2.05, 4.69) is 10.7 Å². The highest BCUT2D eigenvalue weighted by atomic mass is 16.1. The molecule has 0 atom stereocenters. The normalized spacial score (nSPS) is 12.4. The maximum Gasteiger partial charge on any atom is 0.249 e. The highest BCUT2D eigenvalue weighted by Gasteiger charge is 2.15. The maximum absolute atomic E-state index is 11.9. The third-order valence-corrected chi connectivity index (χ3v) is 4.15. The minimum atomic E-state index is -0.502. The lowest BCUT2D eigenvalue weighted by atomic mass is 9.96. The van der Waals surface area contributed by atoms with Crippen LogP contribution in [-0.4, -0.2) is 30.1 Å². The minimum absolute atomic E-state index is 0.188. The minimum Gasteiger partial charge on any atom is -0.385 e. The second kappa shape index (κ2) is 10.6. The van der Waals surface area contributed by atoms with Crippen molar-refractivity contribution in [3.05, 3.63) is 46.8 Å². The first-order valence-corrected chi connectivity index (χ1v) is 9.01. The molecule has 0 unspecified atom stereocenters. The molecule has 1 amide bonds. The average molecular weight is 376 g/mol. The molecule has 0 spiro atoms. The lowest BCUT2D eigenvalue weighted by molar-refractivity contribution is 0.0999. The van der Waals surface area contributed by atoms with Gasteiger partial charge in [-0.3, -0.25) is 10.6 Å². The van der Waals surface area contributed by atoms with Crippen LogP contribution < -0.4 is 33.8 Å². The van der Waals surface area contributed by atoms with E-state index >= 15 is 0 Å². The lowest BCUT2D eigenvalue weighted by Crippen LogP contribution is -2.39. The Labute approximate surface area is 161 Å². The molecule has 0 aliphatic heterocycles. The number of hydrogen-bond donors (Lipinski definition) is 6. The van der Waals surface area contributed by atoms with Crippen LogP contribution in [0.25, 0.3) is 5.57 Å². The summed E-state index contributed by atoms with van der Waals surface area (Å²) in [5.41, 5.74) is 23.9. The molecule has 27 heavy (non-hydrogen) atoms. The van der Waals surface area contributed by atoms with Crippen LogP contribution >= 0.6 is 0 Å². The number of amides is 1. The molecular formula is C19H33N7O. The molecular weight excluding hydrogens is 342 g/mol. The molecule has 8 nitrogen and oxygen atoms in total. The molecule has 0 aliphatic carbocycles. The number of nitrogens with two attached hydrogens (primary N) is 4. The molecule has 0 heterocycles. The number of benzene rings is 1. The van der Waals surface area contributed by atoms with Gasteiger partial charge in [0.1, 0.15) is 0 Å². The third-order valence-electron chi connectivity index (χ3n) is 4.15. The lowest BCUT2D eigenvalue weighted by Gasteiger charge is -2.22. The first kappa shape index (κ1) is 22.5. The number of carbonyl (C=O) groups is 1. The molecule has 150 valence electrons. The topological polar surface area (TPSA) is 148 Å². The number of hydrogen-bond acceptors (Lipinski definition) is 7. The van der Waals surface area contributed by atoms with E-state index in [0.29, 0.717) is 23.6 Å². The molecule has 1 rings (SSSR count). The summed E-state index contributed by atoms with van der Waals surface area (Å²) in [5.74, 6) is 5.45. The van der Waals surface area contributed by atoms with Gasteiger partial charge in [0.15, 0.2) is 0 Å². The number of allylic oxidation sites excluding steroid dienone is 3. The number of primary amides is 1. The van der Waals surface area contributed by atoms with Crippen molar-refractivity contribution < 1.29 is 4.79 Å². The zero-order chi connectivity index (χ0) is 20.6. The summed E-state index contributed by atoms with van der Waals surface area (Å²) in [6.07, 6.45) is 3.71. The molecule has 0 fully saturated rings. The number of rotatable bonds is 10. The van der Waals surface area contributed by atoms with Crippen LogP contribution in [0.3, 0.4) is 0 Å². The molecule has 0 aliphatic rings. The SMILES string of the molecule is CCN(CNN)/C(N)=C/C=C(\C)c1cc(NC(C)C)c(CN)c(C(N)=O)c1. The molecule has 0 radical (unpaired) electrons. The van der Waals surface area contributed by atoms with Gasteiger partial charge in [0.05, 0.1) is 12.5 Å². The Hall–Kier alpha value is -2.55. The zero-order valence-electron chi connectivity index (χ0n) is 16.7. The largest absolute Gasteiger partial charge is 0.385 e. The zero-order valence-corrected chi connectivity index (χ0v) is 16.7. The average Bonchev–Trinajstić information content (AvgIpc) is 2.62. The van der Waals surface area contributed by atoms with Crippen LogP contribution in [0.1, 0.15) is 49.2 Å². The first-order valence-electron chi connectivity index (χ1n) is 9.01. The highest BCUT2D eigenvalue weighted by molar-refractivity contribution is 5.97. The molecule has 0 saturated carbocycles. The Balaban J connectivity index is 3.34. The summed E-state index contributed by atoms with van der Waals surface area (Å²) in [6.45, 7) is 9.37. The van der Waals surface area contributed by atoms with E-state index in [0.717, 1.165) is 23.4 Å². The molecule has 8 heteroatoms. The van der Waals surface area contributed by atoms with E-state index in [9.17, 15) is 4.79 Å². The van der Waals surface area contributed by atoms with Crippen LogP contribution in [0.5, 0.6) is 0 Å².